The smallest absolute Gasteiger partial charge is 0.328 e. The third-order valence-electron chi connectivity index (χ3n) is 5.25. The molecule has 0 saturated heterocycles. The van der Waals surface area contributed by atoms with E-state index in [0.717, 1.165) is 20.8 Å². The van der Waals surface area contributed by atoms with Crippen LogP contribution in [0.2, 0.25) is 0 Å². The second kappa shape index (κ2) is 8.84. The van der Waals surface area contributed by atoms with E-state index >= 15 is 0 Å². The number of aryl methyl sites for hydroxylation is 2. The van der Waals surface area contributed by atoms with Crippen LogP contribution in [-0.4, -0.2) is 29.3 Å². The first-order valence-corrected chi connectivity index (χ1v) is 10.7. The van der Waals surface area contributed by atoms with Crippen LogP contribution in [0.4, 0.5) is 5.69 Å². The molecule has 0 bridgehead atoms. The van der Waals surface area contributed by atoms with Crippen molar-refractivity contribution in [2.45, 2.75) is 9.79 Å². The maximum atomic E-state index is 13.3. The molecular weight excluding hydrogens is 426 g/mol. The number of amides is 1. The van der Waals surface area contributed by atoms with Gasteiger partial charge < -0.3 is 14.8 Å². The average Bonchev–Trinajstić information content (AvgIpc) is 3.02. The van der Waals surface area contributed by atoms with Gasteiger partial charge in [-0.15, -0.1) is 0 Å². The van der Waals surface area contributed by atoms with Crippen molar-refractivity contribution >= 4 is 34.4 Å². The normalized spacial score (nSPS) is 10.9. The van der Waals surface area contributed by atoms with Gasteiger partial charge in [-0.3, -0.25) is 13.9 Å². The van der Waals surface area contributed by atoms with Crippen LogP contribution in [0.15, 0.2) is 75.2 Å². The Kier molecular flexibility index (Phi) is 5.96. The Morgan fingerprint density at radius 1 is 0.875 bits per heavy atom. The van der Waals surface area contributed by atoms with E-state index in [1.807, 2.05) is 42.5 Å². The first kappa shape index (κ1) is 21.6. The fourth-order valence-electron chi connectivity index (χ4n) is 3.58. The van der Waals surface area contributed by atoms with Crippen LogP contribution >= 0.6 is 11.8 Å². The van der Waals surface area contributed by atoms with Crippen LogP contribution < -0.4 is 20.5 Å². The molecule has 32 heavy (non-hydrogen) atoms. The van der Waals surface area contributed by atoms with Crippen molar-refractivity contribution in [3.63, 3.8) is 0 Å². The van der Waals surface area contributed by atoms with Crippen molar-refractivity contribution in [2.24, 2.45) is 14.1 Å². The molecule has 1 N–H and O–H groups in total. The number of methoxy groups -OCH3 is 2. The number of rotatable bonds is 6. The predicted molar refractivity (Wildman–Crippen MR) is 126 cm³/mol. The number of aromatic nitrogens is 2. The van der Waals surface area contributed by atoms with Gasteiger partial charge in [0.15, 0.2) is 0 Å². The fourth-order valence-corrected chi connectivity index (χ4v) is 4.52. The molecule has 0 atom stereocenters. The highest BCUT2D eigenvalue weighted by atomic mass is 32.2. The molecule has 4 aromatic rings. The molecule has 7 nitrogen and oxygen atoms in total. The first-order chi connectivity index (χ1) is 15.4. The highest BCUT2D eigenvalue weighted by molar-refractivity contribution is 7.99. The summed E-state index contributed by atoms with van der Waals surface area (Å²) in [4.78, 5) is 27.6. The summed E-state index contributed by atoms with van der Waals surface area (Å²) in [5, 5.41) is 3.00. The van der Waals surface area contributed by atoms with Gasteiger partial charge in [-0.05, 0) is 36.4 Å². The van der Waals surface area contributed by atoms with E-state index in [4.69, 9.17) is 9.47 Å². The summed E-state index contributed by atoms with van der Waals surface area (Å²) in [6.07, 6.45) is 0. The second-order valence-electron chi connectivity index (χ2n) is 7.14. The average molecular weight is 450 g/mol. The van der Waals surface area contributed by atoms with Crippen molar-refractivity contribution in [3.8, 4) is 11.5 Å². The summed E-state index contributed by atoms with van der Waals surface area (Å²) >= 11 is 1.51. The van der Waals surface area contributed by atoms with Gasteiger partial charge in [0.05, 0.1) is 30.9 Å². The molecule has 0 radical (unpaired) electrons. The Labute approximate surface area is 189 Å². The minimum atomic E-state index is -0.366. The number of benzene rings is 3. The molecule has 0 aliphatic carbocycles. The van der Waals surface area contributed by atoms with E-state index in [1.54, 1.807) is 41.4 Å². The molecule has 3 aromatic carbocycles. The number of anilines is 1. The second-order valence-corrected chi connectivity index (χ2v) is 8.26. The number of imidazole rings is 1. The molecule has 164 valence electrons. The summed E-state index contributed by atoms with van der Waals surface area (Å²) in [6.45, 7) is 0. The molecule has 0 aliphatic heterocycles. The summed E-state index contributed by atoms with van der Waals surface area (Å²) in [7, 11) is 6.46. The van der Waals surface area contributed by atoms with E-state index in [0.29, 0.717) is 22.7 Å². The zero-order chi connectivity index (χ0) is 22.8. The molecule has 4 rings (SSSR count). The van der Waals surface area contributed by atoms with Crippen molar-refractivity contribution in [3.05, 3.63) is 76.7 Å². The number of nitrogens with zero attached hydrogens (tertiary/aromatic N) is 2. The van der Waals surface area contributed by atoms with Crippen LogP contribution in [0.25, 0.3) is 11.0 Å². The molecule has 0 aliphatic rings. The van der Waals surface area contributed by atoms with E-state index in [1.165, 1.54) is 26.0 Å². The molecular formula is C24H23N3O4S. The topological polar surface area (TPSA) is 74.5 Å². The van der Waals surface area contributed by atoms with Crippen LogP contribution in [0, 0.1) is 0 Å². The summed E-state index contributed by atoms with van der Waals surface area (Å²) < 4.78 is 13.9. The highest BCUT2D eigenvalue weighted by Gasteiger charge is 2.21. The van der Waals surface area contributed by atoms with Gasteiger partial charge in [-0.2, -0.15) is 0 Å². The van der Waals surface area contributed by atoms with E-state index < -0.39 is 0 Å². The minimum Gasteiger partial charge on any atom is -0.496 e. The molecule has 0 unspecified atom stereocenters. The van der Waals surface area contributed by atoms with Gasteiger partial charge in [-0.25, -0.2) is 4.79 Å². The Morgan fingerprint density at radius 2 is 1.47 bits per heavy atom. The number of ether oxygens (including phenoxy) is 2. The summed E-state index contributed by atoms with van der Waals surface area (Å²) in [6, 6.07) is 18.8. The number of fused-ring (bicyclic) bond motifs is 1. The van der Waals surface area contributed by atoms with E-state index in [2.05, 4.69) is 5.32 Å². The third kappa shape index (κ3) is 3.85. The van der Waals surface area contributed by atoms with E-state index in [9.17, 15) is 9.59 Å². The van der Waals surface area contributed by atoms with Crippen LogP contribution in [-0.2, 0) is 14.1 Å². The third-order valence-corrected chi connectivity index (χ3v) is 6.31. The lowest BCUT2D eigenvalue weighted by atomic mass is 10.1. The molecule has 0 fully saturated rings. The van der Waals surface area contributed by atoms with Crippen molar-refractivity contribution < 1.29 is 14.3 Å². The Bertz CT molecular complexity index is 1340. The number of nitrogens with one attached hydrogen (secondary N) is 1. The largest absolute Gasteiger partial charge is 0.496 e. The molecule has 1 amide bonds. The SMILES string of the molecule is COc1cccc(OC)c1C(=O)Nc1cc2c(cc1Sc1ccccc1)n(C)c(=O)n2C. The van der Waals surface area contributed by atoms with Gasteiger partial charge in [0.2, 0.25) is 0 Å². The lowest BCUT2D eigenvalue weighted by molar-refractivity contribution is 0.102. The minimum absolute atomic E-state index is 0.134. The molecule has 0 spiro atoms. The maximum absolute atomic E-state index is 13.3. The monoisotopic (exact) mass is 449 g/mol. The number of carbonyl (C=O) groups excluding carboxylic acids is 1. The highest BCUT2D eigenvalue weighted by Crippen LogP contribution is 2.37. The molecule has 1 aromatic heterocycles. The van der Waals surface area contributed by atoms with Gasteiger partial charge in [-0.1, -0.05) is 36.0 Å². The summed E-state index contributed by atoms with van der Waals surface area (Å²) in [5.74, 6) is 0.453. The Hall–Kier alpha value is -3.65. The Balaban J connectivity index is 1.84. The van der Waals surface area contributed by atoms with Gasteiger partial charge in [0.1, 0.15) is 17.1 Å². The van der Waals surface area contributed by atoms with Crippen molar-refractivity contribution in [1.82, 2.24) is 9.13 Å². The van der Waals surface area contributed by atoms with Gasteiger partial charge in [0.25, 0.3) is 5.91 Å². The van der Waals surface area contributed by atoms with Crippen LogP contribution in [0.3, 0.4) is 0 Å². The fraction of sp³-hybridized carbons (Fsp3) is 0.167. The lowest BCUT2D eigenvalue weighted by Crippen LogP contribution is -2.19. The standard InChI is InChI=1S/C24H23N3O4S/c1-26-17-13-16(25-23(28)22-19(30-3)11-8-12-20(22)31-4)21(14-18(17)27(2)24(26)29)32-15-9-6-5-7-10-15/h5-14H,1-4H3,(H,25,28). The zero-order valence-corrected chi connectivity index (χ0v) is 19.0. The quantitative estimate of drug-likeness (QED) is 0.475. The molecule has 1 heterocycles. The molecule has 8 heteroatoms. The zero-order valence-electron chi connectivity index (χ0n) is 18.2. The lowest BCUT2D eigenvalue weighted by Gasteiger charge is -2.15. The van der Waals surface area contributed by atoms with Crippen molar-refractivity contribution in [2.75, 3.05) is 19.5 Å². The van der Waals surface area contributed by atoms with Crippen LogP contribution in [0.1, 0.15) is 10.4 Å². The number of hydrogen-bond acceptors (Lipinski definition) is 5. The Morgan fingerprint density at radius 3 is 2.06 bits per heavy atom. The summed E-state index contributed by atoms with van der Waals surface area (Å²) in [5.41, 5.74) is 2.26. The first-order valence-electron chi connectivity index (χ1n) is 9.89. The number of hydrogen-bond donors (Lipinski definition) is 1. The maximum Gasteiger partial charge on any atom is 0.328 e. The van der Waals surface area contributed by atoms with Gasteiger partial charge in [0, 0.05) is 23.9 Å². The van der Waals surface area contributed by atoms with E-state index in [-0.39, 0.29) is 11.6 Å². The predicted octanol–water partition coefficient (Wildman–Crippen LogP) is 4.30. The van der Waals surface area contributed by atoms with Crippen LogP contribution in [0.5, 0.6) is 11.5 Å². The van der Waals surface area contributed by atoms with Crippen molar-refractivity contribution in [1.29, 1.82) is 0 Å². The molecule has 0 saturated carbocycles. The van der Waals surface area contributed by atoms with Gasteiger partial charge >= 0.3 is 5.69 Å². The number of carbonyl (C=O) groups is 1.